The highest BCUT2D eigenvalue weighted by atomic mass is 32.2. The number of ether oxygens (including phenoxy) is 1. The highest BCUT2D eigenvalue weighted by molar-refractivity contribution is 7.89. The van der Waals surface area contributed by atoms with Crippen molar-refractivity contribution in [1.82, 2.24) is 10.0 Å². The molecular formula is C14H18N2O6S. The predicted molar refractivity (Wildman–Crippen MR) is 81.1 cm³/mol. The molecule has 0 aliphatic carbocycles. The second kappa shape index (κ2) is 7.42. The minimum absolute atomic E-state index is 0.0229. The van der Waals surface area contributed by atoms with Crippen molar-refractivity contribution in [3.8, 4) is 0 Å². The molecule has 1 amide bonds. The smallest absolute Gasteiger partial charge is 0.408 e. The van der Waals surface area contributed by atoms with Crippen LogP contribution in [0.25, 0.3) is 0 Å². The van der Waals surface area contributed by atoms with E-state index in [1.165, 1.54) is 0 Å². The Bertz CT molecular complexity index is 661. The Balaban J connectivity index is 1.84. The molecule has 2 atom stereocenters. The molecule has 2 rings (SSSR count). The summed E-state index contributed by atoms with van der Waals surface area (Å²) in [5, 5.41) is 11.4. The summed E-state index contributed by atoms with van der Waals surface area (Å²) in [7, 11) is -3.33. The Kier molecular flexibility index (Phi) is 5.56. The molecule has 23 heavy (non-hydrogen) atoms. The lowest BCUT2D eigenvalue weighted by molar-refractivity contribution is -0.139. The molecule has 0 spiro atoms. The fourth-order valence-electron chi connectivity index (χ4n) is 2.25. The zero-order valence-corrected chi connectivity index (χ0v) is 13.1. The van der Waals surface area contributed by atoms with E-state index >= 15 is 0 Å². The standard InChI is InChI=1S/C14H18N2O6S/c17-13(18)12(8-11-6-7-23(20,21)16-11)15-14(19)22-9-10-4-2-1-3-5-10/h1-5,11-12,16H,6-9H2,(H,15,19)(H,17,18). The Morgan fingerprint density at radius 3 is 2.61 bits per heavy atom. The molecule has 1 aliphatic heterocycles. The van der Waals surface area contributed by atoms with E-state index in [9.17, 15) is 18.0 Å². The molecule has 8 nitrogen and oxygen atoms in total. The number of nitrogens with one attached hydrogen (secondary N) is 2. The number of carbonyl (C=O) groups excluding carboxylic acids is 1. The summed E-state index contributed by atoms with van der Waals surface area (Å²) in [6.45, 7) is 0.0229. The monoisotopic (exact) mass is 342 g/mol. The fraction of sp³-hybridized carbons (Fsp3) is 0.429. The molecule has 1 heterocycles. The van der Waals surface area contributed by atoms with E-state index in [-0.39, 0.29) is 18.8 Å². The molecule has 1 fully saturated rings. The van der Waals surface area contributed by atoms with Crippen LogP contribution in [0.3, 0.4) is 0 Å². The van der Waals surface area contributed by atoms with Crippen molar-refractivity contribution in [3.05, 3.63) is 35.9 Å². The lowest BCUT2D eigenvalue weighted by atomic mass is 10.1. The van der Waals surface area contributed by atoms with Gasteiger partial charge < -0.3 is 15.2 Å². The Labute approximate surface area is 133 Å². The van der Waals surface area contributed by atoms with Gasteiger partial charge in [0.15, 0.2) is 0 Å². The summed E-state index contributed by atoms with van der Waals surface area (Å²) in [6, 6.07) is 7.24. The van der Waals surface area contributed by atoms with Gasteiger partial charge in [0.05, 0.1) is 5.75 Å². The number of carbonyl (C=O) groups is 2. The van der Waals surface area contributed by atoms with Crippen LogP contribution in [0.1, 0.15) is 18.4 Å². The first-order valence-corrected chi connectivity index (χ1v) is 8.71. The van der Waals surface area contributed by atoms with E-state index in [2.05, 4.69) is 10.0 Å². The number of carboxylic acid groups (broad SMARTS) is 1. The molecule has 0 bridgehead atoms. The molecule has 1 saturated heterocycles. The molecule has 1 aliphatic rings. The van der Waals surface area contributed by atoms with Gasteiger partial charge in [-0.15, -0.1) is 0 Å². The van der Waals surface area contributed by atoms with E-state index in [1.54, 1.807) is 24.3 Å². The van der Waals surface area contributed by atoms with Crippen LogP contribution in [-0.4, -0.2) is 43.4 Å². The van der Waals surface area contributed by atoms with E-state index in [0.29, 0.717) is 6.42 Å². The van der Waals surface area contributed by atoms with Crippen molar-refractivity contribution < 1.29 is 27.9 Å². The van der Waals surface area contributed by atoms with Crippen LogP contribution in [-0.2, 0) is 26.2 Å². The van der Waals surface area contributed by atoms with Crippen molar-refractivity contribution >= 4 is 22.1 Å². The number of carboxylic acids is 1. The average molecular weight is 342 g/mol. The van der Waals surface area contributed by atoms with Crippen LogP contribution in [0.2, 0.25) is 0 Å². The maximum absolute atomic E-state index is 11.7. The summed E-state index contributed by atoms with van der Waals surface area (Å²) >= 11 is 0. The first-order valence-electron chi connectivity index (χ1n) is 7.06. The third-order valence-electron chi connectivity index (χ3n) is 3.40. The van der Waals surface area contributed by atoms with E-state index in [1.807, 2.05) is 6.07 Å². The van der Waals surface area contributed by atoms with Crippen LogP contribution in [0.15, 0.2) is 30.3 Å². The average Bonchev–Trinajstić information content (AvgIpc) is 2.84. The maximum atomic E-state index is 11.7. The number of alkyl carbamates (subject to hydrolysis) is 1. The first-order chi connectivity index (χ1) is 10.9. The highest BCUT2D eigenvalue weighted by Crippen LogP contribution is 2.13. The Morgan fingerprint density at radius 1 is 1.35 bits per heavy atom. The molecule has 126 valence electrons. The lowest BCUT2D eigenvalue weighted by Crippen LogP contribution is -2.44. The summed E-state index contributed by atoms with van der Waals surface area (Å²) in [5.41, 5.74) is 0.776. The maximum Gasteiger partial charge on any atom is 0.408 e. The zero-order valence-electron chi connectivity index (χ0n) is 12.3. The van der Waals surface area contributed by atoms with Gasteiger partial charge >= 0.3 is 12.1 Å². The second-order valence-corrected chi connectivity index (χ2v) is 7.13. The van der Waals surface area contributed by atoms with Gasteiger partial charge in [-0.05, 0) is 18.4 Å². The van der Waals surface area contributed by atoms with E-state index in [0.717, 1.165) is 5.56 Å². The third kappa shape index (κ3) is 5.53. The summed E-state index contributed by atoms with van der Waals surface area (Å²) in [6.07, 6.45) is -0.580. The minimum Gasteiger partial charge on any atom is -0.480 e. The summed E-state index contributed by atoms with van der Waals surface area (Å²) in [5.74, 6) is -1.28. The number of hydrogen-bond acceptors (Lipinski definition) is 5. The molecule has 3 N–H and O–H groups in total. The molecule has 0 radical (unpaired) electrons. The van der Waals surface area contributed by atoms with E-state index < -0.39 is 34.2 Å². The van der Waals surface area contributed by atoms with Crippen molar-refractivity contribution in [2.75, 3.05) is 5.75 Å². The number of hydrogen-bond donors (Lipinski definition) is 3. The zero-order chi connectivity index (χ0) is 16.9. The second-order valence-electron chi connectivity index (χ2n) is 5.25. The van der Waals surface area contributed by atoms with Crippen LogP contribution in [0, 0.1) is 0 Å². The topological polar surface area (TPSA) is 122 Å². The SMILES string of the molecule is O=C(NC(CC1CCS(=O)(=O)N1)C(=O)O)OCc1ccccc1. The Hall–Kier alpha value is -2.13. The molecule has 2 unspecified atom stereocenters. The fourth-order valence-corrected chi connectivity index (χ4v) is 3.68. The molecule has 1 aromatic carbocycles. The largest absolute Gasteiger partial charge is 0.480 e. The van der Waals surface area contributed by atoms with Crippen LogP contribution >= 0.6 is 0 Å². The quantitative estimate of drug-likeness (QED) is 0.690. The number of benzene rings is 1. The molecule has 0 saturated carbocycles. The van der Waals surface area contributed by atoms with Gasteiger partial charge in [0.2, 0.25) is 10.0 Å². The van der Waals surface area contributed by atoms with Crippen molar-refractivity contribution in [3.63, 3.8) is 0 Å². The van der Waals surface area contributed by atoms with Crippen LogP contribution in [0.4, 0.5) is 4.79 Å². The van der Waals surface area contributed by atoms with Crippen molar-refractivity contribution in [2.24, 2.45) is 0 Å². The highest BCUT2D eigenvalue weighted by Gasteiger charge is 2.32. The summed E-state index contributed by atoms with van der Waals surface area (Å²) < 4.78 is 29.9. The summed E-state index contributed by atoms with van der Waals surface area (Å²) in [4.78, 5) is 22.9. The van der Waals surface area contributed by atoms with Crippen LogP contribution in [0.5, 0.6) is 0 Å². The number of aliphatic carboxylic acids is 1. The first kappa shape index (κ1) is 17.2. The lowest BCUT2D eigenvalue weighted by Gasteiger charge is -2.17. The normalized spacial score (nSPS) is 20.6. The Morgan fingerprint density at radius 2 is 2.04 bits per heavy atom. The van der Waals surface area contributed by atoms with Crippen molar-refractivity contribution in [1.29, 1.82) is 0 Å². The molecule has 9 heteroatoms. The van der Waals surface area contributed by atoms with Gasteiger partial charge in [-0.1, -0.05) is 30.3 Å². The molecule has 1 aromatic rings. The van der Waals surface area contributed by atoms with Gasteiger partial charge in [-0.2, -0.15) is 0 Å². The molecule has 0 aromatic heterocycles. The van der Waals surface area contributed by atoms with E-state index in [4.69, 9.17) is 9.84 Å². The van der Waals surface area contributed by atoms with Crippen LogP contribution < -0.4 is 10.0 Å². The van der Waals surface area contributed by atoms with Gasteiger partial charge in [0.1, 0.15) is 12.6 Å². The number of amides is 1. The van der Waals surface area contributed by atoms with Gasteiger partial charge in [-0.3, -0.25) is 0 Å². The minimum atomic E-state index is -3.33. The third-order valence-corrected chi connectivity index (χ3v) is 4.87. The molecular weight excluding hydrogens is 324 g/mol. The van der Waals surface area contributed by atoms with Gasteiger partial charge in [0.25, 0.3) is 0 Å². The van der Waals surface area contributed by atoms with Crippen molar-refractivity contribution in [2.45, 2.75) is 31.5 Å². The van der Waals surface area contributed by atoms with Gasteiger partial charge in [0, 0.05) is 6.04 Å². The predicted octanol–water partition coefficient (Wildman–Crippen LogP) is 0.448. The van der Waals surface area contributed by atoms with Gasteiger partial charge in [-0.25, -0.2) is 22.7 Å². The number of rotatable bonds is 6. The number of sulfonamides is 1.